The Morgan fingerprint density at radius 2 is 2.10 bits per heavy atom. The number of nitrogens with zero attached hydrogens (tertiary/aromatic N) is 3. The minimum Gasteiger partial charge on any atom is -0.347 e. The highest BCUT2D eigenvalue weighted by Gasteiger charge is 2.20. The van der Waals surface area contributed by atoms with Crippen molar-refractivity contribution < 1.29 is 10.5 Å². The molecule has 0 fully saturated rings. The van der Waals surface area contributed by atoms with Crippen molar-refractivity contribution >= 4 is 23.2 Å². The summed E-state index contributed by atoms with van der Waals surface area (Å²) in [5, 5.41) is 3.96. The lowest BCUT2D eigenvalue weighted by atomic mass is 10.1. The molecule has 1 heterocycles. The van der Waals surface area contributed by atoms with Crippen LogP contribution in [-0.2, 0) is 4.79 Å². The van der Waals surface area contributed by atoms with E-state index in [1.165, 1.54) is 0 Å². The van der Waals surface area contributed by atoms with E-state index >= 15 is 0 Å². The normalized spacial score (nSPS) is 13.0. The Morgan fingerprint density at radius 1 is 1.35 bits per heavy atom. The standard InChI is InChI=1S/C14H17N5O/c1-9(2)12(15)14(20)19-18-8-10-4-3-5-11-13(10)17-7-6-16-11/h3-9,12H,15H2,1-2H3,(H,19,20)/p+1/b18-8-/t12-/m1/s1. The Hall–Kier alpha value is -2.34. The zero-order valence-electron chi connectivity index (χ0n) is 11.6. The monoisotopic (exact) mass is 272 g/mol. The van der Waals surface area contributed by atoms with Crippen molar-refractivity contribution in [3.63, 3.8) is 0 Å². The first kappa shape index (κ1) is 14.1. The molecule has 0 aliphatic heterocycles. The molecule has 2 aromatic rings. The molecular formula is C14H18N5O+. The van der Waals surface area contributed by atoms with Gasteiger partial charge in [0.15, 0.2) is 6.04 Å². The number of benzene rings is 1. The molecule has 0 radical (unpaired) electrons. The summed E-state index contributed by atoms with van der Waals surface area (Å²) in [5.41, 5.74) is 8.65. The number of hydrazone groups is 1. The number of carbonyl (C=O) groups is 1. The fraction of sp³-hybridized carbons (Fsp3) is 0.286. The Labute approximate surface area is 117 Å². The van der Waals surface area contributed by atoms with E-state index in [0.29, 0.717) is 0 Å². The van der Waals surface area contributed by atoms with Crippen LogP contribution in [0.1, 0.15) is 19.4 Å². The van der Waals surface area contributed by atoms with E-state index < -0.39 is 0 Å². The van der Waals surface area contributed by atoms with Gasteiger partial charge in [-0.1, -0.05) is 26.0 Å². The molecule has 6 nitrogen and oxygen atoms in total. The molecule has 0 unspecified atom stereocenters. The van der Waals surface area contributed by atoms with Crippen molar-refractivity contribution in [1.29, 1.82) is 0 Å². The third kappa shape index (κ3) is 3.16. The van der Waals surface area contributed by atoms with E-state index in [-0.39, 0.29) is 17.9 Å². The molecule has 1 aromatic heterocycles. The van der Waals surface area contributed by atoms with E-state index in [1.54, 1.807) is 18.6 Å². The largest absolute Gasteiger partial charge is 0.347 e. The molecule has 1 atom stereocenters. The summed E-state index contributed by atoms with van der Waals surface area (Å²) in [6.45, 7) is 3.89. The van der Waals surface area contributed by atoms with Gasteiger partial charge in [0.1, 0.15) is 0 Å². The average Bonchev–Trinajstić information content (AvgIpc) is 2.46. The summed E-state index contributed by atoms with van der Waals surface area (Å²) < 4.78 is 0. The number of para-hydroxylation sites is 1. The van der Waals surface area contributed by atoms with Gasteiger partial charge < -0.3 is 5.73 Å². The van der Waals surface area contributed by atoms with Crippen molar-refractivity contribution in [2.75, 3.05) is 0 Å². The number of rotatable bonds is 4. The van der Waals surface area contributed by atoms with Gasteiger partial charge in [-0.25, -0.2) is 5.43 Å². The number of nitrogens with one attached hydrogen (secondary N) is 1. The van der Waals surface area contributed by atoms with Crippen LogP contribution >= 0.6 is 0 Å². The lowest BCUT2D eigenvalue weighted by Gasteiger charge is -2.09. The fourth-order valence-electron chi connectivity index (χ4n) is 1.67. The maximum absolute atomic E-state index is 11.7. The molecule has 0 spiro atoms. The van der Waals surface area contributed by atoms with Gasteiger partial charge in [0.25, 0.3) is 5.91 Å². The lowest BCUT2D eigenvalue weighted by molar-refractivity contribution is -0.414. The molecule has 20 heavy (non-hydrogen) atoms. The highest BCUT2D eigenvalue weighted by molar-refractivity contribution is 5.96. The van der Waals surface area contributed by atoms with Crippen LogP contribution in [0.5, 0.6) is 0 Å². The van der Waals surface area contributed by atoms with Crippen molar-refractivity contribution in [2.45, 2.75) is 19.9 Å². The molecule has 0 aliphatic carbocycles. The van der Waals surface area contributed by atoms with Crippen LogP contribution in [0.2, 0.25) is 0 Å². The Bertz CT molecular complexity index is 633. The van der Waals surface area contributed by atoms with E-state index in [4.69, 9.17) is 0 Å². The van der Waals surface area contributed by atoms with Crippen LogP contribution in [0.15, 0.2) is 35.7 Å². The molecule has 1 aromatic carbocycles. The molecule has 0 aliphatic rings. The van der Waals surface area contributed by atoms with Gasteiger partial charge in [-0.05, 0) is 6.07 Å². The van der Waals surface area contributed by atoms with Gasteiger partial charge >= 0.3 is 0 Å². The smallest absolute Gasteiger partial charge is 0.298 e. The molecule has 0 saturated heterocycles. The summed E-state index contributed by atoms with van der Waals surface area (Å²) >= 11 is 0. The minimum atomic E-state index is -0.320. The SMILES string of the molecule is CC(C)[C@@H]([NH3+])C(=O)N/N=C\c1cccc2nccnc12. The Kier molecular flexibility index (Phi) is 4.37. The van der Waals surface area contributed by atoms with Crippen molar-refractivity contribution in [1.82, 2.24) is 15.4 Å². The summed E-state index contributed by atoms with van der Waals surface area (Å²) in [6, 6.07) is 5.30. The lowest BCUT2D eigenvalue weighted by Crippen LogP contribution is -2.69. The van der Waals surface area contributed by atoms with Crippen molar-refractivity contribution in [3.05, 3.63) is 36.2 Å². The van der Waals surface area contributed by atoms with Crippen LogP contribution < -0.4 is 11.2 Å². The van der Waals surface area contributed by atoms with Gasteiger partial charge in [0.05, 0.1) is 17.2 Å². The van der Waals surface area contributed by atoms with Gasteiger partial charge in [0, 0.05) is 23.9 Å². The van der Waals surface area contributed by atoms with Crippen LogP contribution in [-0.4, -0.2) is 28.1 Å². The maximum atomic E-state index is 11.7. The molecule has 104 valence electrons. The summed E-state index contributed by atoms with van der Waals surface area (Å²) in [6.07, 6.45) is 4.84. The first-order chi connectivity index (χ1) is 9.59. The Morgan fingerprint density at radius 3 is 2.85 bits per heavy atom. The summed E-state index contributed by atoms with van der Waals surface area (Å²) in [4.78, 5) is 20.2. The van der Waals surface area contributed by atoms with Crippen LogP contribution in [0.4, 0.5) is 0 Å². The van der Waals surface area contributed by atoms with Gasteiger partial charge in [-0.2, -0.15) is 5.10 Å². The van der Waals surface area contributed by atoms with E-state index in [0.717, 1.165) is 16.6 Å². The minimum absolute atomic E-state index is 0.175. The second-order valence-electron chi connectivity index (χ2n) is 4.86. The molecule has 0 saturated carbocycles. The summed E-state index contributed by atoms with van der Waals surface area (Å²) in [7, 11) is 0. The second-order valence-corrected chi connectivity index (χ2v) is 4.86. The first-order valence-corrected chi connectivity index (χ1v) is 6.45. The molecule has 6 heteroatoms. The number of quaternary nitrogens is 1. The van der Waals surface area contributed by atoms with E-state index in [9.17, 15) is 4.79 Å². The van der Waals surface area contributed by atoms with E-state index in [2.05, 4.69) is 26.2 Å². The number of amides is 1. The number of aromatic nitrogens is 2. The highest BCUT2D eigenvalue weighted by atomic mass is 16.2. The third-order valence-electron chi connectivity index (χ3n) is 3.05. The molecule has 1 amide bonds. The van der Waals surface area contributed by atoms with Crippen molar-refractivity contribution in [2.24, 2.45) is 11.0 Å². The average molecular weight is 272 g/mol. The van der Waals surface area contributed by atoms with Crippen molar-refractivity contribution in [3.8, 4) is 0 Å². The number of hydrogen-bond acceptors (Lipinski definition) is 4. The Balaban J connectivity index is 2.13. The predicted octanol–water partition coefficient (Wildman–Crippen LogP) is 0.346. The second kappa shape index (κ2) is 6.21. The maximum Gasteiger partial charge on any atom is 0.298 e. The first-order valence-electron chi connectivity index (χ1n) is 6.45. The molecule has 4 N–H and O–H groups in total. The van der Waals surface area contributed by atoms with Gasteiger partial charge in [-0.3, -0.25) is 14.8 Å². The quantitative estimate of drug-likeness (QED) is 0.621. The van der Waals surface area contributed by atoms with Crippen LogP contribution in [0.3, 0.4) is 0 Å². The zero-order valence-corrected chi connectivity index (χ0v) is 11.6. The number of carbonyl (C=O) groups excluding carboxylic acids is 1. The van der Waals surface area contributed by atoms with Crippen LogP contribution in [0.25, 0.3) is 11.0 Å². The van der Waals surface area contributed by atoms with Gasteiger partial charge in [-0.15, -0.1) is 0 Å². The van der Waals surface area contributed by atoms with Gasteiger partial charge in [0.2, 0.25) is 0 Å². The fourth-order valence-corrected chi connectivity index (χ4v) is 1.67. The third-order valence-corrected chi connectivity index (χ3v) is 3.05. The zero-order chi connectivity index (χ0) is 14.5. The molecule has 2 rings (SSSR count). The van der Waals surface area contributed by atoms with Crippen LogP contribution in [0, 0.1) is 5.92 Å². The molecular weight excluding hydrogens is 254 g/mol. The van der Waals surface area contributed by atoms with E-state index in [1.807, 2.05) is 32.0 Å². The highest BCUT2D eigenvalue weighted by Crippen LogP contribution is 2.11. The summed E-state index contributed by atoms with van der Waals surface area (Å²) in [5.74, 6) is -0.0174. The molecule has 0 bridgehead atoms. The predicted molar refractivity (Wildman–Crippen MR) is 76.8 cm³/mol. The topological polar surface area (TPSA) is 94.9 Å². The number of fused-ring (bicyclic) bond motifs is 1. The number of hydrogen-bond donors (Lipinski definition) is 2.